The van der Waals surface area contributed by atoms with Crippen LogP contribution in [0.4, 0.5) is 0 Å². The number of benzene rings is 2. The van der Waals surface area contributed by atoms with Gasteiger partial charge in [0.05, 0.1) is 50.8 Å². The predicted octanol–water partition coefficient (Wildman–Crippen LogP) is 33.8. The molecule has 0 atom stereocenters. The normalized spacial score (nSPS) is 11.5. The number of ether oxygens (including phenoxy) is 6. The zero-order valence-corrected chi connectivity index (χ0v) is 75.7. The van der Waals surface area contributed by atoms with E-state index >= 15 is 0 Å². The van der Waals surface area contributed by atoms with Crippen molar-refractivity contribution in [2.24, 2.45) is 0 Å². The van der Waals surface area contributed by atoms with Crippen LogP contribution in [0.2, 0.25) is 0 Å². The van der Waals surface area contributed by atoms with Gasteiger partial charge in [-0.1, -0.05) is 259 Å². The minimum absolute atomic E-state index is 0.305. The maximum Gasteiger partial charge on any atom is 0.338 e. The summed E-state index contributed by atoms with van der Waals surface area (Å²) in [6, 6.07) is 47.1. The van der Waals surface area contributed by atoms with Crippen LogP contribution in [0.15, 0.2) is 133 Å². The van der Waals surface area contributed by atoms with Crippen LogP contribution in [0, 0.1) is 0 Å². The monoisotopic (exact) mass is 1690 g/mol. The Morgan fingerprint density at radius 1 is 0.211 bits per heavy atom. The predicted molar refractivity (Wildman–Crippen MR) is 498 cm³/mol. The van der Waals surface area contributed by atoms with Crippen molar-refractivity contribution in [2.75, 3.05) is 39.6 Å². The van der Waals surface area contributed by atoms with Crippen molar-refractivity contribution in [1.29, 1.82) is 0 Å². The summed E-state index contributed by atoms with van der Waals surface area (Å²) in [5.74, 6) is 2.03. The maximum absolute atomic E-state index is 13.6. The second-order valence-corrected chi connectivity index (χ2v) is 39.6. The molecule has 8 aromatic heterocycles. The van der Waals surface area contributed by atoms with E-state index in [0.717, 1.165) is 38.5 Å². The highest BCUT2D eigenvalue weighted by Gasteiger charge is 2.20. The number of thiophene rings is 8. The molecule has 618 valence electrons. The molecule has 0 fully saturated rings. The fourth-order valence-corrected chi connectivity index (χ4v) is 23.0. The Hall–Kier alpha value is -5.82. The summed E-state index contributed by atoms with van der Waals surface area (Å²) in [5, 5.41) is 0. The van der Waals surface area contributed by atoms with E-state index in [1.54, 1.807) is 22.7 Å². The molecule has 114 heavy (non-hydrogen) atoms. The number of rotatable bonds is 63. The minimum Gasteiger partial charge on any atom is -0.490 e. The third-order valence-corrected chi connectivity index (χ3v) is 31.4. The topological polar surface area (TPSA) is 89.5 Å². The Labute approximate surface area is 717 Å². The molecule has 8 heterocycles. The smallest absolute Gasteiger partial charge is 0.338 e. The molecule has 10 aromatic rings. The highest BCUT2D eigenvalue weighted by Crippen LogP contribution is 2.48. The number of unbranched alkanes of at least 4 members (excludes halogenated alkanes) is 36. The highest BCUT2D eigenvalue weighted by atomic mass is 32.1. The molecule has 8 nitrogen and oxygen atoms in total. The number of carbonyl (C=O) groups excluding carboxylic acids is 2. The standard InChI is InChI=1S/C98H130O8S8/c1-5-9-13-17-21-25-29-33-37-41-67-101-79-49-45-75(73-81(79)103-69-43-39-35-31-27-23-19-15-11-7-3)97(99)105-71-65-77-47-51-83(107-77)85-53-55-87(109-85)89-57-59-91(111-89)93-61-63-95(113-93)96-64-62-94(114-96)92-60-58-90(112-92)88-56-54-86(110-88)84-52-48-78(108-84)66-72-106-98(100)76-46-50-80(102-68-42-38-34-30-26-22-18-14-10-6-2)82(74-76)104-70-44-40-36-32-28-24-20-16-12-8-4/h45-64,73-74H,5-44,65-72H2,1-4H3. The molecule has 0 bridgehead atoms. The lowest BCUT2D eigenvalue weighted by Crippen LogP contribution is -2.09. The van der Waals surface area contributed by atoms with Gasteiger partial charge in [-0.3, -0.25) is 0 Å². The van der Waals surface area contributed by atoms with Crippen molar-refractivity contribution in [3.05, 3.63) is 154 Å². The first-order valence-corrected chi connectivity index (χ1v) is 50.7. The lowest BCUT2D eigenvalue weighted by Gasteiger charge is -2.14. The van der Waals surface area contributed by atoms with E-state index in [1.807, 2.05) is 104 Å². The molecule has 0 aliphatic carbocycles. The fourth-order valence-electron chi connectivity index (χ4n) is 14.4. The lowest BCUT2D eigenvalue weighted by molar-refractivity contribution is 0.0500. The fraction of sp³-hybridized carbons (Fsp3) is 0.531. The van der Waals surface area contributed by atoms with Gasteiger partial charge in [0.1, 0.15) is 0 Å². The van der Waals surface area contributed by atoms with Gasteiger partial charge in [0.25, 0.3) is 0 Å². The van der Waals surface area contributed by atoms with E-state index in [0.29, 0.717) is 86.6 Å². The number of hydrogen-bond donors (Lipinski definition) is 0. The molecule has 0 saturated heterocycles. The van der Waals surface area contributed by atoms with Crippen molar-refractivity contribution in [3.63, 3.8) is 0 Å². The summed E-state index contributed by atoms with van der Waals surface area (Å²) in [4.78, 5) is 47.2. The molecular formula is C98H130O8S8. The van der Waals surface area contributed by atoms with Crippen LogP contribution < -0.4 is 18.9 Å². The highest BCUT2D eigenvalue weighted by molar-refractivity contribution is 7.31. The maximum atomic E-state index is 13.6. The first-order valence-electron chi connectivity index (χ1n) is 44.2. The summed E-state index contributed by atoms with van der Waals surface area (Å²) in [6.07, 6.45) is 52.3. The Morgan fingerprint density at radius 2 is 0.404 bits per heavy atom. The van der Waals surface area contributed by atoms with E-state index in [1.165, 1.54) is 296 Å². The lowest BCUT2D eigenvalue weighted by atomic mass is 10.1. The van der Waals surface area contributed by atoms with E-state index in [2.05, 4.69) is 125 Å². The molecule has 0 unspecified atom stereocenters. The third-order valence-electron chi connectivity index (χ3n) is 21.2. The van der Waals surface area contributed by atoms with Gasteiger partial charge in [0.2, 0.25) is 0 Å². The van der Waals surface area contributed by atoms with E-state index in [4.69, 9.17) is 28.4 Å². The van der Waals surface area contributed by atoms with Crippen LogP contribution in [0.5, 0.6) is 23.0 Å². The van der Waals surface area contributed by atoms with E-state index in [-0.39, 0.29) is 11.9 Å². The average molecular weight is 1690 g/mol. The van der Waals surface area contributed by atoms with Crippen LogP contribution in [0.1, 0.15) is 315 Å². The van der Waals surface area contributed by atoms with Crippen molar-refractivity contribution in [1.82, 2.24) is 0 Å². The molecule has 2 aromatic carbocycles. The molecule has 0 spiro atoms. The summed E-state index contributed by atoms with van der Waals surface area (Å²) in [7, 11) is 0. The zero-order valence-electron chi connectivity index (χ0n) is 69.2. The number of hydrogen-bond acceptors (Lipinski definition) is 16. The second-order valence-electron chi connectivity index (χ2n) is 30.7. The first-order chi connectivity index (χ1) is 56.2. The minimum atomic E-state index is -0.335. The van der Waals surface area contributed by atoms with Gasteiger partial charge in [-0.25, -0.2) is 9.59 Å². The Balaban J connectivity index is 0.651. The van der Waals surface area contributed by atoms with Crippen LogP contribution in [-0.2, 0) is 22.3 Å². The Morgan fingerprint density at radius 3 is 0.632 bits per heavy atom. The van der Waals surface area contributed by atoms with Crippen molar-refractivity contribution in [2.45, 2.75) is 297 Å². The summed E-state index contributed by atoms with van der Waals surface area (Å²) in [6.45, 7) is 12.2. The largest absolute Gasteiger partial charge is 0.490 e. The van der Waals surface area contributed by atoms with E-state index < -0.39 is 0 Å². The molecule has 0 radical (unpaired) electrons. The molecule has 0 N–H and O–H groups in total. The van der Waals surface area contributed by atoms with Crippen LogP contribution in [-0.4, -0.2) is 51.6 Å². The van der Waals surface area contributed by atoms with Gasteiger partial charge in [0, 0.05) is 90.9 Å². The van der Waals surface area contributed by atoms with Gasteiger partial charge in [-0.05, 0) is 159 Å². The molecule has 16 heteroatoms. The van der Waals surface area contributed by atoms with Crippen molar-refractivity contribution >= 4 is 103 Å². The quantitative estimate of drug-likeness (QED) is 0.0275. The van der Waals surface area contributed by atoms with Gasteiger partial charge in [0.15, 0.2) is 23.0 Å². The summed E-state index contributed by atoms with van der Waals surface area (Å²) < 4.78 is 37.2. The molecular weight excluding hydrogens is 1560 g/mol. The summed E-state index contributed by atoms with van der Waals surface area (Å²) >= 11 is 14.7. The van der Waals surface area contributed by atoms with Crippen molar-refractivity contribution < 1.29 is 38.0 Å². The third kappa shape index (κ3) is 31.8. The molecule has 0 saturated carbocycles. The average Bonchev–Trinajstić information content (AvgIpc) is 1.64. The first kappa shape index (κ1) is 90.5. The number of esters is 2. The second kappa shape index (κ2) is 53.6. The van der Waals surface area contributed by atoms with Crippen molar-refractivity contribution in [3.8, 4) is 91.3 Å². The van der Waals surface area contributed by atoms with Crippen LogP contribution >= 0.6 is 90.7 Å². The molecule has 0 aliphatic heterocycles. The van der Waals surface area contributed by atoms with Gasteiger partial charge in [-0.2, -0.15) is 0 Å². The zero-order chi connectivity index (χ0) is 79.3. The van der Waals surface area contributed by atoms with Crippen LogP contribution in [0.3, 0.4) is 0 Å². The van der Waals surface area contributed by atoms with Gasteiger partial charge < -0.3 is 28.4 Å². The Kier molecular flexibility index (Phi) is 42.5. The molecule has 10 rings (SSSR count). The van der Waals surface area contributed by atoms with Crippen LogP contribution in [0.25, 0.3) is 68.3 Å². The molecule has 0 amide bonds. The number of carbonyl (C=O) groups is 2. The Bertz CT molecular complexity index is 3990. The van der Waals surface area contributed by atoms with E-state index in [9.17, 15) is 9.59 Å². The SMILES string of the molecule is CCCCCCCCCCCCOc1ccc(C(=O)OCCc2ccc(-c3ccc(-c4ccc(-c5ccc(-c6ccc(-c7ccc(-c8ccc(-c9ccc(CCOC(=O)c%10ccc(OCCCCCCCCCCCC)c(OCCCCCCCCCCCC)c%10)s9)s8)s7)s6)s5)s4)s3)s2)cc1OCCCCCCCCCCCC. The summed E-state index contributed by atoms with van der Waals surface area (Å²) in [5.41, 5.74) is 0.989. The molecule has 0 aliphatic rings. The van der Waals surface area contributed by atoms with Gasteiger partial charge >= 0.3 is 11.9 Å². The van der Waals surface area contributed by atoms with Gasteiger partial charge in [-0.15, -0.1) is 90.7 Å².